The minimum atomic E-state index is -0.170. The fourth-order valence-corrected chi connectivity index (χ4v) is 3.57. The summed E-state index contributed by atoms with van der Waals surface area (Å²) in [5.74, 6) is -0.305. The Morgan fingerprint density at radius 1 is 1.15 bits per heavy atom. The van der Waals surface area contributed by atoms with Crippen LogP contribution in [0.3, 0.4) is 0 Å². The van der Waals surface area contributed by atoms with E-state index >= 15 is 0 Å². The predicted molar refractivity (Wildman–Crippen MR) is 112 cm³/mol. The zero-order valence-electron chi connectivity index (χ0n) is 15.6. The number of nitrogens with one attached hydrogen (secondary N) is 1. The fourth-order valence-electron chi connectivity index (χ4n) is 2.44. The maximum atomic E-state index is 13.1. The smallest absolute Gasteiger partial charge is 0.257 e. The van der Waals surface area contributed by atoms with Crippen LogP contribution in [-0.2, 0) is 4.79 Å². The number of nitrogens with zero attached hydrogens (tertiary/aromatic N) is 2. The van der Waals surface area contributed by atoms with E-state index in [2.05, 4.69) is 26.2 Å². The molecule has 2 rings (SSSR count). The summed E-state index contributed by atoms with van der Waals surface area (Å²) in [6, 6.07) is 11.4. The third kappa shape index (κ3) is 6.66. The third-order valence-corrected chi connectivity index (χ3v) is 5.27. The number of carbonyl (C=O) groups excluding carboxylic acids is 2. The van der Waals surface area contributed by atoms with E-state index in [1.54, 1.807) is 23.2 Å². The van der Waals surface area contributed by atoms with Gasteiger partial charge < -0.3 is 10.2 Å². The van der Waals surface area contributed by atoms with E-state index in [9.17, 15) is 9.59 Å². The molecule has 0 fully saturated rings. The van der Waals surface area contributed by atoms with Crippen LogP contribution in [0.15, 0.2) is 57.0 Å². The molecule has 1 heterocycles. The molecular weight excluding hydrogens is 426 g/mol. The summed E-state index contributed by atoms with van der Waals surface area (Å²) in [5.41, 5.74) is 0.516. The average molecular weight is 450 g/mol. The number of hydrogen-bond acceptors (Lipinski definition) is 4. The second-order valence-corrected chi connectivity index (χ2v) is 7.97. The summed E-state index contributed by atoms with van der Waals surface area (Å²) in [6.45, 7) is 5.19. The number of benzene rings is 1. The standard InChI is InChI=1S/C20H24BrN3O2S/c1-3-11-22-18(25)14-24(13-4-2)20(26)17-6-5-12-23-19(17)27-16-9-7-15(21)8-10-16/h5-10,12H,3-4,11,13-14H2,1-2H3,(H,22,25). The fraction of sp³-hybridized carbons (Fsp3) is 0.350. The van der Waals surface area contributed by atoms with Gasteiger partial charge in [-0.1, -0.05) is 41.5 Å². The Morgan fingerprint density at radius 3 is 2.56 bits per heavy atom. The van der Waals surface area contributed by atoms with Crippen LogP contribution in [0.5, 0.6) is 0 Å². The van der Waals surface area contributed by atoms with Gasteiger partial charge in [0.15, 0.2) is 0 Å². The van der Waals surface area contributed by atoms with E-state index in [1.807, 2.05) is 38.1 Å². The van der Waals surface area contributed by atoms with E-state index < -0.39 is 0 Å². The average Bonchev–Trinajstić information content (AvgIpc) is 2.67. The number of hydrogen-bond donors (Lipinski definition) is 1. The van der Waals surface area contributed by atoms with Gasteiger partial charge in [-0.2, -0.15) is 0 Å². The number of halogens is 1. The molecular formula is C20H24BrN3O2S. The number of aromatic nitrogens is 1. The number of pyridine rings is 1. The third-order valence-electron chi connectivity index (χ3n) is 3.72. The van der Waals surface area contributed by atoms with Crippen LogP contribution in [0.1, 0.15) is 37.0 Å². The van der Waals surface area contributed by atoms with Crippen LogP contribution < -0.4 is 5.32 Å². The van der Waals surface area contributed by atoms with E-state index in [0.29, 0.717) is 23.7 Å². The van der Waals surface area contributed by atoms with E-state index in [4.69, 9.17) is 0 Å². The Morgan fingerprint density at radius 2 is 1.89 bits per heavy atom. The first-order chi connectivity index (χ1) is 13.0. The second kappa shape index (κ2) is 11.1. The monoisotopic (exact) mass is 449 g/mol. The van der Waals surface area contributed by atoms with Crippen LogP contribution in [-0.4, -0.2) is 41.3 Å². The van der Waals surface area contributed by atoms with Gasteiger partial charge in [0.2, 0.25) is 5.91 Å². The van der Waals surface area contributed by atoms with Gasteiger partial charge in [-0.25, -0.2) is 4.98 Å². The van der Waals surface area contributed by atoms with Gasteiger partial charge in [0.05, 0.1) is 12.1 Å². The molecule has 144 valence electrons. The molecule has 2 aromatic rings. The van der Waals surface area contributed by atoms with Gasteiger partial charge in [-0.3, -0.25) is 9.59 Å². The van der Waals surface area contributed by atoms with Crippen LogP contribution in [0.2, 0.25) is 0 Å². The maximum absolute atomic E-state index is 13.1. The van der Waals surface area contributed by atoms with Crippen molar-refractivity contribution in [3.63, 3.8) is 0 Å². The van der Waals surface area contributed by atoms with Crippen LogP contribution in [0.25, 0.3) is 0 Å². The van der Waals surface area contributed by atoms with Crippen LogP contribution >= 0.6 is 27.7 Å². The molecule has 1 aromatic heterocycles. The molecule has 0 aliphatic heterocycles. The van der Waals surface area contributed by atoms with Crippen molar-refractivity contribution in [2.75, 3.05) is 19.6 Å². The summed E-state index contributed by atoms with van der Waals surface area (Å²) in [4.78, 5) is 32.2. The van der Waals surface area contributed by atoms with Crippen molar-refractivity contribution in [1.82, 2.24) is 15.2 Å². The molecule has 7 heteroatoms. The zero-order chi connectivity index (χ0) is 19.6. The molecule has 1 aromatic carbocycles. The lowest BCUT2D eigenvalue weighted by molar-refractivity contribution is -0.121. The van der Waals surface area contributed by atoms with Crippen molar-refractivity contribution in [3.05, 3.63) is 52.6 Å². The number of carbonyl (C=O) groups is 2. The first-order valence-electron chi connectivity index (χ1n) is 8.99. The summed E-state index contributed by atoms with van der Waals surface area (Å²) < 4.78 is 0.997. The zero-order valence-corrected chi connectivity index (χ0v) is 18.0. The second-order valence-electron chi connectivity index (χ2n) is 5.99. The minimum absolute atomic E-state index is 0.0595. The van der Waals surface area contributed by atoms with Gasteiger partial charge in [0, 0.05) is 28.7 Å². The quantitative estimate of drug-likeness (QED) is 0.616. The molecule has 0 saturated carbocycles. The summed E-state index contributed by atoms with van der Waals surface area (Å²) >= 11 is 4.86. The van der Waals surface area contributed by atoms with Gasteiger partial charge >= 0.3 is 0 Å². The van der Waals surface area contributed by atoms with Crippen molar-refractivity contribution < 1.29 is 9.59 Å². The Hall–Kier alpha value is -1.86. The van der Waals surface area contributed by atoms with Crippen molar-refractivity contribution in [2.45, 2.75) is 36.6 Å². The minimum Gasteiger partial charge on any atom is -0.355 e. The van der Waals surface area contributed by atoms with Crippen molar-refractivity contribution in [2.24, 2.45) is 0 Å². The highest BCUT2D eigenvalue weighted by Gasteiger charge is 2.21. The van der Waals surface area contributed by atoms with Crippen molar-refractivity contribution >= 4 is 39.5 Å². The lowest BCUT2D eigenvalue weighted by atomic mass is 10.2. The molecule has 5 nitrogen and oxygen atoms in total. The van der Waals surface area contributed by atoms with E-state index in [1.165, 1.54) is 11.8 Å². The van der Waals surface area contributed by atoms with Gasteiger partial charge in [0.1, 0.15) is 5.03 Å². The largest absolute Gasteiger partial charge is 0.355 e. The van der Waals surface area contributed by atoms with Gasteiger partial charge in [-0.15, -0.1) is 0 Å². The summed E-state index contributed by atoms with van der Waals surface area (Å²) in [7, 11) is 0. The highest BCUT2D eigenvalue weighted by Crippen LogP contribution is 2.30. The summed E-state index contributed by atoms with van der Waals surface area (Å²) in [6.07, 6.45) is 3.32. The summed E-state index contributed by atoms with van der Waals surface area (Å²) in [5, 5.41) is 3.47. The van der Waals surface area contributed by atoms with Gasteiger partial charge in [-0.05, 0) is 49.2 Å². The maximum Gasteiger partial charge on any atom is 0.257 e. The predicted octanol–water partition coefficient (Wildman–Crippen LogP) is 4.37. The molecule has 0 spiro atoms. The van der Waals surface area contributed by atoms with E-state index in [0.717, 1.165) is 22.2 Å². The molecule has 0 aliphatic carbocycles. The molecule has 1 N–H and O–H groups in total. The first-order valence-corrected chi connectivity index (χ1v) is 10.6. The molecule has 0 bridgehead atoms. The van der Waals surface area contributed by atoms with E-state index in [-0.39, 0.29) is 18.4 Å². The molecule has 0 aliphatic rings. The molecule has 2 amide bonds. The highest BCUT2D eigenvalue weighted by atomic mass is 79.9. The van der Waals surface area contributed by atoms with Crippen LogP contribution in [0.4, 0.5) is 0 Å². The molecule has 27 heavy (non-hydrogen) atoms. The molecule has 0 unspecified atom stereocenters. The van der Waals surface area contributed by atoms with Gasteiger partial charge in [0.25, 0.3) is 5.91 Å². The topological polar surface area (TPSA) is 62.3 Å². The Kier molecular flexibility index (Phi) is 8.81. The molecule has 0 saturated heterocycles. The molecule has 0 radical (unpaired) electrons. The van der Waals surface area contributed by atoms with Crippen LogP contribution in [0, 0.1) is 0 Å². The van der Waals surface area contributed by atoms with Crippen molar-refractivity contribution in [1.29, 1.82) is 0 Å². The number of rotatable bonds is 9. The lowest BCUT2D eigenvalue weighted by Crippen LogP contribution is -2.41. The Balaban J connectivity index is 2.19. The Bertz CT molecular complexity index is 768. The molecule has 0 atom stereocenters. The Labute approximate surface area is 173 Å². The first kappa shape index (κ1) is 21.4. The number of amides is 2. The highest BCUT2D eigenvalue weighted by molar-refractivity contribution is 9.10. The normalized spacial score (nSPS) is 10.5. The lowest BCUT2D eigenvalue weighted by Gasteiger charge is -2.22. The van der Waals surface area contributed by atoms with Crippen molar-refractivity contribution in [3.8, 4) is 0 Å². The SMILES string of the molecule is CCCNC(=O)CN(CCC)C(=O)c1cccnc1Sc1ccc(Br)cc1.